The van der Waals surface area contributed by atoms with Gasteiger partial charge in [0.15, 0.2) is 0 Å². The predicted octanol–water partition coefficient (Wildman–Crippen LogP) is 3.43. The smallest absolute Gasteiger partial charge is 0.0195 e. The van der Waals surface area contributed by atoms with E-state index in [-0.39, 0.29) is 0 Å². The maximum Gasteiger partial charge on any atom is -0.0195 e. The Labute approximate surface area is 73.4 Å². The van der Waals surface area contributed by atoms with Gasteiger partial charge in [0.05, 0.1) is 0 Å². The third kappa shape index (κ3) is 164. The lowest BCUT2D eigenvalue weighted by atomic mass is 10.3. The van der Waals surface area contributed by atoms with Crippen LogP contribution in [0.5, 0.6) is 0 Å². The van der Waals surface area contributed by atoms with Crippen LogP contribution < -0.4 is 5.73 Å². The number of hydrogen-bond donors (Lipinski definition) is 1. The lowest BCUT2D eigenvalue weighted by Gasteiger charge is -1.79. The maximum absolute atomic E-state index is 4.50. The number of rotatable bonds is 2. The van der Waals surface area contributed by atoms with E-state index in [1.807, 2.05) is 0 Å². The van der Waals surface area contributed by atoms with Gasteiger partial charge in [-0.3, -0.25) is 0 Å². The maximum atomic E-state index is 4.50. The van der Waals surface area contributed by atoms with Gasteiger partial charge < -0.3 is 5.73 Å². The van der Waals surface area contributed by atoms with Gasteiger partial charge >= 0.3 is 0 Å². The van der Waals surface area contributed by atoms with Crippen molar-refractivity contribution in [3.05, 3.63) is 0 Å². The molecule has 0 atom stereocenters. The van der Waals surface area contributed by atoms with Crippen molar-refractivity contribution >= 4 is 0 Å². The van der Waals surface area contributed by atoms with Crippen LogP contribution in [-0.4, -0.2) is 7.05 Å². The second-order valence-corrected chi connectivity index (χ2v) is 3.09. The normalized spacial score (nSPS) is 7.64. The second-order valence-electron chi connectivity index (χ2n) is 3.09. The second kappa shape index (κ2) is 22.5. The quantitative estimate of drug-likeness (QED) is 0.659. The van der Waals surface area contributed by atoms with Gasteiger partial charge in [-0.2, -0.15) is 0 Å². The molecule has 0 aliphatic rings. The van der Waals surface area contributed by atoms with Crippen molar-refractivity contribution in [3.63, 3.8) is 0 Å². The van der Waals surface area contributed by atoms with E-state index >= 15 is 0 Å². The van der Waals surface area contributed by atoms with E-state index in [2.05, 4.69) is 40.4 Å². The Hall–Kier alpha value is -0.0400. The molecular weight excluding hydrogens is 134 g/mol. The average molecular weight is 161 g/mol. The first kappa shape index (κ1) is 17.2. The molecule has 0 fully saturated rings. The van der Waals surface area contributed by atoms with Gasteiger partial charge in [0.1, 0.15) is 0 Å². The van der Waals surface area contributed by atoms with Gasteiger partial charge in [0, 0.05) is 0 Å². The molecule has 0 aliphatic heterocycles. The molecule has 0 spiro atoms. The van der Waals surface area contributed by atoms with E-state index in [0.717, 1.165) is 5.92 Å². The van der Waals surface area contributed by atoms with Gasteiger partial charge in [-0.15, -0.1) is 0 Å². The molecule has 1 nitrogen and oxygen atoms in total. The molecule has 0 rings (SSSR count). The van der Waals surface area contributed by atoms with Gasteiger partial charge in [-0.05, 0) is 13.0 Å². The molecule has 72 valence electrons. The minimum atomic E-state index is 0.833. The third-order valence-electron chi connectivity index (χ3n) is 0.707. The highest BCUT2D eigenvalue weighted by Gasteiger charge is 1.68. The summed E-state index contributed by atoms with van der Waals surface area (Å²) in [6, 6.07) is 0. The van der Waals surface area contributed by atoms with Gasteiger partial charge in [0.25, 0.3) is 0 Å². The topological polar surface area (TPSA) is 26.0 Å². The zero-order valence-corrected chi connectivity index (χ0v) is 9.28. The summed E-state index contributed by atoms with van der Waals surface area (Å²) in [4.78, 5) is 0. The van der Waals surface area contributed by atoms with Crippen LogP contribution in [0, 0.1) is 5.92 Å². The Morgan fingerprint density at radius 3 is 1.09 bits per heavy atom. The van der Waals surface area contributed by atoms with E-state index in [9.17, 15) is 0 Å². The molecule has 1 heteroatoms. The molecule has 0 saturated carbocycles. The van der Waals surface area contributed by atoms with Gasteiger partial charge in [-0.25, -0.2) is 0 Å². The summed E-state index contributed by atoms with van der Waals surface area (Å²) in [6.07, 6.45) is 4.08. The van der Waals surface area contributed by atoms with Crippen molar-refractivity contribution in [2.45, 2.75) is 53.9 Å². The average Bonchev–Trinajstić information content (AvgIpc) is 1.93. The fourth-order valence-corrected chi connectivity index (χ4v) is 0.354. The standard InChI is InChI=1S/C5H12.C4H10.CH5N/c1-3-5-4-2;1-4(2)3;1-2/h3-5H2,1-2H3;4H,1-3H3;2H2,1H3. The number of hydrogen-bond acceptors (Lipinski definition) is 1. The molecule has 0 aromatic rings. The lowest BCUT2D eigenvalue weighted by Crippen LogP contribution is -1.69. The predicted molar refractivity (Wildman–Crippen MR) is 55.8 cm³/mol. The highest BCUT2D eigenvalue weighted by molar-refractivity contribution is 4.24. The summed E-state index contributed by atoms with van der Waals surface area (Å²) < 4.78 is 0. The molecule has 0 aromatic heterocycles. The van der Waals surface area contributed by atoms with Gasteiger partial charge in [0.2, 0.25) is 0 Å². The molecule has 0 radical (unpaired) electrons. The van der Waals surface area contributed by atoms with Crippen LogP contribution in [0.2, 0.25) is 0 Å². The van der Waals surface area contributed by atoms with Crippen molar-refractivity contribution in [2.24, 2.45) is 11.7 Å². The van der Waals surface area contributed by atoms with Crippen molar-refractivity contribution in [1.82, 2.24) is 0 Å². The Kier molecular flexibility index (Phi) is 35.1. The largest absolute Gasteiger partial charge is 0.333 e. The van der Waals surface area contributed by atoms with E-state index in [1.54, 1.807) is 0 Å². The van der Waals surface area contributed by atoms with Crippen molar-refractivity contribution in [2.75, 3.05) is 7.05 Å². The summed E-state index contributed by atoms with van der Waals surface area (Å²) in [6.45, 7) is 10.9. The molecule has 0 heterocycles. The Morgan fingerprint density at radius 2 is 1.09 bits per heavy atom. The van der Waals surface area contributed by atoms with Crippen LogP contribution in [0.15, 0.2) is 0 Å². The Morgan fingerprint density at radius 1 is 0.909 bits per heavy atom. The molecule has 0 saturated heterocycles. The molecule has 0 bridgehead atoms. The van der Waals surface area contributed by atoms with Crippen LogP contribution in [0.25, 0.3) is 0 Å². The first-order valence-corrected chi connectivity index (χ1v) is 4.72. The van der Waals surface area contributed by atoms with Crippen molar-refractivity contribution < 1.29 is 0 Å². The van der Waals surface area contributed by atoms with E-state index < -0.39 is 0 Å². The van der Waals surface area contributed by atoms with Crippen LogP contribution in [-0.2, 0) is 0 Å². The fourth-order valence-electron chi connectivity index (χ4n) is 0.354. The molecule has 0 unspecified atom stereocenters. The zero-order chi connectivity index (χ0) is 9.70. The highest BCUT2D eigenvalue weighted by atomic mass is 14.4. The van der Waals surface area contributed by atoms with E-state index in [0.29, 0.717) is 0 Å². The summed E-state index contributed by atoms with van der Waals surface area (Å²) in [5.41, 5.74) is 4.50. The summed E-state index contributed by atoms with van der Waals surface area (Å²) in [5.74, 6) is 0.833. The molecule has 0 aromatic carbocycles. The Bertz CT molecular complexity index is 29.1. The SMILES string of the molecule is CC(C)C.CCCCC.CN. The van der Waals surface area contributed by atoms with E-state index in [4.69, 9.17) is 0 Å². The molecule has 0 aliphatic carbocycles. The van der Waals surface area contributed by atoms with Crippen molar-refractivity contribution in [1.29, 1.82) is 0 Å². The first-order chi connectivity index (χ1) is 5.15. The minimum absolute atomic E-state index is 0.833. The van der Waals surface area contributed by atoms with Crippen molar-refractivity contribution in [3.8, 4) is 0 Å². The van der Waals surface area contributed by atoms with Gasteiger partial charge in [-0.1, -0.05) is 53.9 Å². The molecular formula is C10H27N. The number of nitrogens with two attached hydrogens (primary N) is 1. The summed E-state index contributed by atoms with van der Waals surface area (Å²) in [7, 11) is 1.50. The lowest BCUT2D eigenvalue weighted by molar-refractivity contribution is 0.737. The molecule has 2 N–H and O–H groups in total. The minimum Gasteiger partial charge on any atom is -0.333 e. The van der Waals surface area contributed by atoms with Crippen LogP contribution in [0.1, 0.15) is 53.9 Å². The first-order valence-electron chi connectivity index (χ1n) is 4.72. The zero-order valence-electron chi connectivity index (χ0n) is 9.28. The van der Waals surface area contributed by atoms with Crippen LogP contribution >= 0.6 is 0 Å². The summed E-state index contributed by atoms with van der Waals surface area (Å²) >= 11 is 0. The highest BCUT2D eigenvalue weighted by Crippen LogP contribution is 1.88. The monoisotopic (exact) mass is 161 g/mol. The fraction of sp³-hybridized carbons (Fsp3) is 1.00. The molecule has 11 heavy (non-hydrogen) atoms. The number of unbranched alkanes of at least 4 members (excludes halogenated alkanes) is 2. The van der Waals surface area contributed by atoms with E-state index in [1.165, 1.54) is 26.3 Å². The van der Waals surface area contributed by atoms with Crippen LogP contribution in [0.4, 0.5) is 0 Å². The summed E-state index contributed by atoms with van der Waals surface area (Å²) in [5, 5.41) is 0. The molecule has 0 amide bonds. The Balaban J connectivity index is -0.0000000965. The third-order valence-corrected chi connectivity index (χ3v) is 0.707. The van der Waals surface area contributed by atoms with Crippen LogP contribution in [0.3, 0.4) is 0 Å².